The Morgan fingerprint density at radius 2 is 2.00 bits per heavy atom. The lowest BCUT2D eigenvalue weighted by atomic mass is 10.1. The van der Waals surface area contributed by atoms with E-state index < -0.39 is 6.10 Å². The molecule has 2 atom stereocenters. The van der Waals surface area contributed by atoms with Crippen molar-refractivity contribution in [3.8, 4) is 11.5 Å². The number of aliphatic hydroxyl groups excluding tert-OH is 1. The van der Waals surface area contributed by atoms with Gasteiger partial charge in [0.1, 0.15) is 12.7 Å². The third-order valence-corrected chi connectivity index (χ3v) is 6.36. The number of methoxy groups -OCH3 is 1. The van der Waals surface area contributed by atoms with Crippen LogP contribution in [0.5, 0.6) is 11.5 Å². The van der Waals surface area contributed by atoms with Crippen LogP contribution in [-0.4, -0.2) is 90.1 Å². The second-order valence-corrected chi connectivity index (χ2v) is 8.70. The molecular weight excluding hydrogens is 392 g/mol. The van der Waals surface area contributed by atoms with Crippen LogP contribution in [0.4, 0.5) is 0 Å². The van der Waals surface area contributed by atoms with Gasteiger partial charge in [0.2, 0.25) is 5.91 Å². The van der Waals surface area contributed by atoms with Crippen LogP contribution in [0.25, 0.3) is 0 Å². The van der Waals surface area contributed by atoms with Crippen LogP contribution in [0, 0.1) is 0 Å². The highest BCUT2D eigenvalue weighted by molar-refractivity contribution is 7.99. The first-order valence-corrected chi connectivity index (χ1v) is 11.3. The third-order valence-electron chi connectivity index (χ3n) is 5.42. The molecule has 1 aromatic carbocycles. The summed E-state index contributed by atoms with van der Waals surface area (Å²) in [6.07, 6.45) is 1.08. The standard InChI is InChI=1S/C21H30N2O5S/c1-15(24)16-5-6-19(20(12-16)27-2)28-14-17(25)13-23-7-3-4-18(23)21(26)22-8-10-29-11-9-22/h5-6,12,17-18,25H,3-4,7-11,13-14H2,1-2H3. The molecule has 160 valence electrons. The fourth-order valence-corrected chi connectivity index (χ4v) is 4.74. The number of hydrogen-bond acceptors (Lipinski definition) is 7. The average Bonchev–Trinajstić information content (AvgIpc) is 3.20. The second kappa shape index (κ2) is 10.3. The van der Waals surface area contributed by atoms with E-state index in [2.05, 4.69) is 4.90 Å². The van der Waals surface area contributed by atoms with Crippen molar-refractivity contribution >= 4 is 23.5 Å². The maximum absolute atomic E-state index is 12.9. The molecule has 2 aliphatic heterocycles. The van der Waals surface area contributed by atoms with Gasteiger partial charge in [0.05, 0.1) is 13.2 Å². The first-order valence-electron chi connectivity index (χ1n) is 10.1. The zero-order valence-corrected chi connectivity index (χ0v) is 18.0. The minimum absolute atomic E-state index is 0.0491. The summed E-state index contributed by atoms with van der Waals surface area (Å²) in [4.78, 5) is 28.4. The van der Waals surface area contributed by atoms with E-state index in [1.54, 1.807) is 18.2 Å². The van der Waals surface area contributed by atoms with Crippen LogP contribution in [0.3, 0.4) is 0 Å². The minimum atomic E-state index is -0.725. The monoisotopic (exact) mass is 422 g/mol. The highest BCUT2D eigenvalue weighted by Crippen LogP contribution is 2.28. The summed E-state index contributed by atoms with van der Waals surface area (Å²) in [6.45, 7) is 4.42. The Balaban J connectivity index is 1.54. The highest BCUT2D eigenvalue weighted by Gasteiger charge is 2.35. The van der Waals surface area contributed by atoms with Crippen molar-refractivity contribution in [1.82, 2.24) is 9.80 Å². The second-order valence-electron chi connectivity index (χ2n) is 7.48. The molecule has 7 nitrogen and oxygen atoms in total. The van der Waals surface area contributed by atoms with Crippen LogP contribution < -0.4 is 9.47 Å². The van der Waals surface area contributed by atoms with Crippen LogP contribution in [0.2, 0.25) is 0 Å². The number of aliphatic hydroxyl groups is 1. The number of carbonyl (C=O) groups is 2. The lowest BCUT2D eigenvalue weighted by molar-refractivity contribution is -0.136. The van der Waals surface area contributed by atoms with Gasteiger partial charge in [-0.3, -0.25) is 14.5 Å². The smallest absolute Gasteiger partial charge is 0.239 e. The zero-order chi connectivity index (χ0) is 20.8. The Bertz CT molecular complexity index is 723. The van der Waals surface area contributed by atoms with Gasteiger partial charge in [-0.15, -0.1) is 0 Å². The molecule has 8 heteroatoms. The van der Waals surface area contributed by atoms with E-state index in [4.69, 9.17) is 9.47 Å². The molecule has 0 saturated carbocycles. The lowest BCUT2D eigenvalue weighted by Crippen LogP contribution is -2.50. The Morgan fingerprint density at radius 1 is 1.24 bits per heavy atom. The average molecular weight is 423 g/mol. The molecule has 2 fully saturated rings. The SMILES string of the molecule is COc1cc(C(C)=O)ccc1OCC(O)CN1CCCC1C(=O)N1CCSCC1. The highest BCUT2D eigenvalue weighted by atomic mass is 32.2. The Morgan fingerprint density at radius 3 is 2.69 bits per heavy atom. The van der Waals surface area contributed by atoms with Gasteiger partial charge in [-0.25, -0.2) is 0 Å². The van der Waals surface area contributed by atoms with Gasteiger partial charge >= 0.3 is 0 Å². The molecule has 3 rings (SSSR count). The minimum Gasteiger partial charge on any atom is -0.493 e. The summed E-state index contributed by atoms with van der Waals surface area (Å²) in [5.41, 5.74) is 0.546. The van der Waals surface area contributed by atoms with Gasteiger partial charge < -0.3 is 19.5 Å². The lowest BCUT2D eigenvalue weighted by Gasteiger charge is -2.33. The van der Waals surface area contributed by atoms with Crippen molar-refractivity contribution in [2.24, 2.45) is 0 Å². The van der Waals surface area contributed by atoms with Crippen LogP contribution in [0.15, 0.2) is 18.2 Å². The van der Waals surface area contributed by atoms with Crippen LogP contribution in [0.1, 0.15) is 30.1 Å². The van der Waals surface area contributed by atoms with E-state index in [-0.39, 0.29) is 24.3 Å². The van der Waals surface area contributed by atoms with Crippen LogP contribution >= 0.6 is 11.8 Å². The Hall–Kier alpha value is -1.77. The molecular formula is C21H30N2O5S. The molecule has 0 radical (unpaired) electrons. The topological polar surface area (TPSA) is 79.3 Å². The van der Waals surface area contributed by atoms with E-state index in [1.807, 2.05) is 16.7 Å². The normalized spacial score (nSPS) is 21.1. The number of hydrogen-bond donors (Lipinski definition) is 1. The number of β-amino-alcohol motifs (C(OH)–C–C–N with tert-alkyl or cyclic N) is 1. The van der Waals surface area contributed by atoms with Crippen molar-refractivity contribution in [2.75, 3.05) is 51.4 Å². The number of likely N-dealkylation sites (tertiary alicyclic amines) is 1. The maximum atomic E-state index is 12.9. The number of nitrogens with zero attached hydrogens (tertiary/aromatic N) is 2. The molecule has 1 amide bonds. The quantitative estimate of drug-likeness (QED) is 0.639. The van der Waals surface area contributed by atoms with Crippen molar-refractivity contribution < 1.29 is 24.2 Å². The van der Waals surface area contributed by atoms with Gasteiger partial charge in [0, 0.05) is 36.7 Å². The van der Waals surface area contributed by atoms with Gasteiger partial charge in [-0.2, -0.15) is 11.8 Å². The Labute approximate surface area is 176 Å². The summed E-state index contributed by atoms with van der Waals surface area (Å²) < 4.78 is 11.0. The Kier molecular flexibility index (Phi) is 7.80. The third kappa shape index (κ3) is 5.65. The number of rotatable bonds is 8. The molecule has 2 aliphatic rings. The largest absolute Gasteiger partial charge is 0.493 e. The molecule has 0 spiro atoms. The van der Waals surface area contributed by atoms with Gasteiger partial charge in [0.25, 0.3) is 0 Å². The van der Waals surface area contributed by atoms with Crippen molar-refractivity contribution in [1.29, 1.82) is 0 Å². The molecule has 1 aromatic rings. The molecule has 1 N–H and O–H groups in total. The fraction of sp³-hybridized carbons (Fsp3) is 0.619. The van der Waals surface area contributed by atoms with Crippen molar-refractivity contribution in [3.63, 3.8) is 0 Å². The summed E-state index contributed by atoms with van der Waals surface area (Å²) in [6, 6.07) is 4.85. The molecule has 0 bridgehead atoms. The number of ether oxygens (including phenoxy) is 2. The van der Waals surface area contributed by atoms with Crippen molar-refractivity contribution in [2.45, 2.75) is 31.9 Å². The predicted molar refractivity (Wildman–Crippen MR) is 113 cm³/mol. The summed E-state index contributed by atoms with van der Waals surface area (Å²) in [5.74, 6) is 3.08. The van der Waals surface area contributed by atoms with Crippen LogP contribution in [-0.2, 0) is 4.79 Å². The molecule has 0 aliphatic carbocycles. The first-order chi connectivity index (χ1) is 14.0. The predicted octanol–water partition coefficient (Wildman–Crippen LogP) is 1.68. The van der Waals surface area contributed by atoms with E-state index >= 15 is 0 Å². The summed E-state index contributed by atoms with van der Waals surface area (Å²) >= 11 is 1.89. The van der Waals surface area contributed by atoms with E-state index in [9.17, 15) is 14.7 Å². The summed E-state index contributed by atoms with van der Waals surface area (Å²) in [7, 11) is 1.52. The molecule has 2 heterocycles. The fourth-order valence-electron chi connectivity index (χ4n) is 3.83. The summed E-state index contributed by atoms with van der Waals surface area (Å²) in [5, 5.41) is 10.5. The number of thioether (sulfide) groups is 1. The molecule has 29 heavy (non-hydrogen) atoms. The van der Waals surface area contributed by atoms with Gasteiger partial charge in [0.15, 0.2) is 17.3 Å². The number of benzene rings is 1. The molecule has 2 saturated heterocycles. The van der Waals surface area contributed by atoms with E-state index in [0.717, 1.165) is 44.0 Å². The number of carbonyl (C=O) groups excluding carboxylic acids is 2. The van der Waals surface area contributed by atoms with Gasteiger partial charge in [-0.05, 0) is 44.5 Å². The van der Waals surface area contributed by atoms with E-state index in [1.165, 1.54) is 14.0 Å². The zero-order valence-electron chi connectivity index (χ0n) is 17.1. The van der Waals surface area contributed by atoms with Gasteiger partial charge in [-0.1, -0.05) is 0 Å². The maximum Gasteiger partial charge on any atom is 0.239 e. The van der Waals surface area contributed by atoms with E-state index in [0.29, 0.717) is 23.6 Å². The number of ketones is 1. The molecule has 2 unspecified atom stereocenters. The molecule has 0 aromatic heterocycles. The van der Waals surface area contributed by atoms with Crippen molar-refractivity contribution in [3.05, 3.63) is 23.8 Å². The first kappa shape index (κ1) is 21.9. The number of amides is 1. The number of Topliss-reactive ketones (excluding diaryl/α,β-unsaturated/α-hetero) is 1.